The van der Waals surface area contributed by atoms with Crippen LogP contribution in [0, 0.1) is 17.8 Å². The van der Waals surface area contributed by atoms with E-state index in [1.54, 1.807) is 11.8 Å². The van der Waals surface area contributed by atoms with Gasteiger partial charge in [0.1, 0.15) is 0 Å². The van der Waals surface area contributed by atoms with Gasteiger partial charge in [-0.25, -0.2) is 0 Å². The van der Waals surface area contributed by atoms with E-state index in [1.807, 2.05) is 31.2 Å². The van der Waals surface area contributed by atoms with Gasteiger partial charge in [-0.3, -0.25) is 9.59 Å². The lowest BCUT2D eigenvalue weighted by molar-refractivity contribution is -0.121. The normalized spacial score (nSPS) is 26.9. The summed E-state index contributed by atoms with van der Waals surface area (Å²) >= 11 is 1.55. The number of hydrogen-bond donors (Lipinski definition) is 2. The van der Waals surface area contributed by atoms with Crippen LogP contribution >= 0.6 is 11.8 Å². The van der Waals surface area contributed by atoms with Crippen molar-refractivity contribution in [1.29, 1.82) is 0 Å². The maximum Gasteiger partial charge on any atom is 0.233 e. The second-order valence-corrected chi connectivity index (χ2v) is 9.02. The Morgan fingerprint density at radius 3 is 2.40 bits per heavy atom. The van der Waals surface area contributed by atoms with Gasteiger partial charge in [-0.05, 0) is 75.1 Å². The predicted molar refractivity (Wildman–Crippen MR) is 103 cm³/mol. The third-order valence-corrected chi connectivity index (χ3v) is 6.77. The molecule has 0 heterocycles. The third-order valence-electron chi connectivity index (χ3n) is 5.66. The zero-order valence-corrected chi connectivity index (χ0v) is 16.1. The summed E-state index contributed by atoms with van der Waals surface area (Å²) in [5.74, 6) is 2.43. The number of carbonyl (C=O) groups is 2. The van der Waals surface area contributed by atoms with Crippen molar-refractivity contribution >= 4 is 29.3 Å². The molecule has 2 bridgehead atoms. The highest BCUT2D eigenvalue weighted by Crippen LogP contribution is 2.49. The SMILES string of the molecule is CC(=O)Nc1ccc(S[C@H](C)C(=O)N[C@H](C)[C@H]2C[C@H]3CC[C@H]2C3)cc1. The standard InChI is InChI=1S/C20H28N2O2S/c1-12(19-11-15-4-5-16(19)10-15)21-20(24)13(2)25-18-8-6-17(7-9-18)22-14(3)23/h6-9,12-13,15-16,19H,4-5,10-11H2,1-3H3,(H,21,24)(H,22,23)/t12-,13-,15+,16+,19-/m1/s1. The number of fused-ring (bicyclic) bond motifs is 2. The first-order valence-corrected chi connectivity index (χ1v) is 10.1. The Hall–Kier alpha value is -1.49. The summed E-state index contributed by atoms with van der Waals surface area (Å²) in [6.07, 6.45) is 5.40. The summed E-state index contributed by atoms with van der Waals surface area (Å²) in [5, 5.41) is 5.87. The van der Waals surface area contributed by atoms with E-state index in [0.717, 1.165) is 22.4 Å². The first-order valence-electron chi connectivity index (χ1n) is 9.27. The van der Waals surface area contributed by atoms with Crippen molar-refractivity contribution in [3.63, 3.8) is 0 Å². The maximum atomic E-state index is 12.5. The van der Waals surface area contributed by atoms with Crippen LogP contribution in [0.25, 0.3) is 0 Å². The summed E-state index contributed by atoms with van der Waals surface area (Å²) < 4.78 is 0. The lowest BCUT2D eigenvalue weighted by Crippen LogP contribution is -2.43. The van der Waals surface area contributed by atoms with E-state index in [-0.39, 0.29) is 23.1 Å². The molecule has 2 aliphatic carbocycles. The monoisotopic (exact) mass is 360 g/mol. The molecule has 1 aromatic carbocycles. The first kappa shape index (κ1) is 18.3. The van der Waals surface area contributed by atoms with Crippen LogP contribution in [0.5, 0.6) is 0 Å². The zero-order chi connectivity index (χ0) is 18.0. The molecule has 2 N–H and O–H groups in total. The van der Waals surface area contributed by atoms with Gasteiger partial charge in [0.25, 0.3) is 0 Å². The van der Waals surface area contributed by atoms with Crippen molar-refractivity contribution in [3.8, 4) is 0 Å². The smallest absolute Gasteiger partial charge is 0.233 e. The van der Waals surface area contributed by atoms with Crippen LogP contribution in [0.2, 0.25) is 0 Å². The van der Waals surface area contributed by atoms with E-state index in [0.29, 0.717) is 5.92 Å². The van der Waals surface area contributed by atoms with Gasteiger partial charge >= 0.3 is 0 Å². The number of hydrogen-bond acceptors (Lipinski definition) is 3. The fourth-order valence-corrected chi connectivity index (χ4v) is 5.31. The molecule has 2 amide bonds. The highest BCUT2D eigenvalue weighted by Gasteiger charge is 2.42. The third kappa shape index (κ3) is 4.57. The highest BCUT2D eigenvalue weighted by atomic mass is 32.2. The van der Waals surface area contributed by atoms with E-state index in [2.05, 4.69) is 17.6 Å². The quantitative estimate of drug-likeness (QED) is 0.752. The van der Waals surface area contributed by atoms with E-state index in [1.165, 1.54) is 32.6 Å². The number of nitrogens with one attached hydrogen (secondary N) is 2. The molecule has 0 aromatic heterocycles. The fraction of sp³-hybridized carbons (Fsp3) is 0.600. The highest BCUT2D eigenvalue weighted by molar-refractivity contribution is 8.00. The van der Waals surface area contributed by atoms with Gasteiger partial charge in [0.15, 0.2) is 0 Å². The molecule has 2 aliphatic rings. The maximum absolute atomic E-state index is 12.5. The molecule has 25 heavy (non-hydrogen) atoms. The molecule has 0 aliphatic heterocycles. The summed E-state index contributed by atoms with van der Waals surface area (Å²) in [6.45, 7) is 5.62. The number of benzene rings is 1. The Labute approximate surface area is 154 Å². The second-order valence-electron chi connectivity index (χ2n) is 7.60. The Morgan fingerprint density at radius 1 is 1.12 bits per heavy atom. The average molecular weight is 361 g/mol. The minimum atomic E-state index is -0.132. The Morgan fingerprint density at radius 2 is 1.84 bits per heavy atom. The first-order chi connectivity index (χ1) is 11.9. The molecule has 3 rings (SSSR count). The minimum Gasteiger partial charge on any atom is -0.352 e. The van der Waals surface area contributed by atoms with Crippen molar-refractivity contribution < 1.29 is 9.59 Å². The summed E-state index contributed by atoms with van der Waals surface area (Å²) in [4.78, 5) is 24.6. The zero-order valence-electron chi connectivity index (χ0n) is 15.2. The largest absolute Gasteiger partial charge is 0.352 e. The molecule has 0 saturated heterocycles. The predicted octanol–water partition coefficient (Wildman–Crippen LogP) is 4.07. The molecule has 5 heteroatoms. The van der Waals surface area contributed by atoms with Gasteiger partial charge in [-0.2, -0.15) is 0 Å². The topological polar surface area (TPSA) is 58.2 Å². The molecule has 2 saturated carbocycles. The van der Waals surface area contributed by atoms with Gasteiger partial charge in [0.05, 0.1) is 5.25 Å². The van der Waals surface area contributed by atoms with E-state index in [4.69, 9.17) is 0 Å². The van der Waals surface area contributed by atoms with Crippen molar-refractivity contribution in [3.05, 3.63) is 24.3 Å². The molecule has 136 valence electrons. The van der Waals surface area contributed by atoms with Crippen molar-refractivity contribution in [2.45, 2.75) is 62.6 Å². The lowest BCUT2D eigenvalue weighted by atomic mass is 9.84. The van der Waals surface area contributed by atoms with Gasteiger partial charge in [-0.15, -0.1) is 11.8 Å². The van der Waals surface area contributed by atoms with E-state index in [9.17, 15) is 9.59 Å². The molecule has 2 fully saturated rings. The molecule has 0 radical (unpaired) electrons. The number of amides is 2. The van der Waals surface area contributed by atoms with Crippen LogP contribution in [-0.2, 0) is 9.59 Å². The van der Waals surface area contributed by atoms with Crippen molar-refractivity contribution in [1.82, 2.24) is 5.32 Å². The average Bonchev–Trinajstić information content (AvgIpc) is 3.19. The number of carbonyl (C=O) groups excluding carboxylic acids is 2. The Bertz CT molecular complexity index is 631. The summed E-state index contributed by atoms with van der Waals surface area (Å²) in [6, 6.07) is 7.89. The molecular formula is C20H28N2O2S. The summed E-state index contributed by atoms with van der Waals surface area (Å²) in [7, 11) is 0. The molecule has 5 atom stereocenters. The van der Waals surface area contributed by atoms with E-state index < -0.39 is 0 Å². The van der Waals surface area contributed by atoms with Crippen molar-refractivity contribution in [2.75, 3.05) is 5.32 Å². The van der Waals surface area contributed by atoms with Crippen LogP contribution < -0.4 is 10.6 Å². The molecule has 0 unspecified atom stereocenters. The number of thioether (sulfide) groups is 1. The van der Waals surface area contributed by atoms with Crippen LogP contribution in [0.15, 0.2) is 29.2 Å². The van der Waals surface area contributed by atoms with Gasteiger partial charge in [-0.1, -0.05) is 6.42 Å². The minimum absolute atomic E-state index is 0.0808. The molecule has 0 spiro atoms. The molecule has 1 aromatic rings. The van der Waals surface area contributed by atoms with E-state index >= 15 is 0 Å². The number of rotatable bonds is 6. The lowest BCUT2D eigenvalue weighted by Gasteiger charge is -2.29. The Balaban J connectivity index is 1.49. The van der Waals surface area contributed by atoms with Gasteiger partial charge in [0.2, 0.25) is 11.8 Å². The van der Waals surface area contributed by atoms with Gasteiger partial charge in [0, 0.05) is 23.5 Å². The van der Waals surface area contributed by atoms with Crippen LogP contribution in [-0.4, -0.2) is 23.1 Å². The summed E-state index contributed by atoms with van der Waals surface area (Å²) in [5.41, 5.74) is 0.777. The van der Waals surface area contributed by atoms with Crippen molar-refractivity contribution in [2.24, 2.45) is 17.8 Å². The van der Waals surface area contributed by atoms with Crippen LogP contribution in [0.1, 0.15) is 46.5 Å². The van der Waals surface area contributed by atoms with Crippen LogP contribution in [0.4, 0.5) is 5.69 Å². The molecular weight excluding hydrogens is 332 g/mol. The molecule has 4 nitrogen and oxygen atoms in total. The Kier molecular flexibility index (Phi) is 5.72. The number of anilines is 1. The second kappa shape index (κ2) is 7.81. The fourth-order valence-electron chi connectivity index (χ4n) is 4.43. The van der Waals surface area contributed by atoms with Crippen LogP contribution in [0.3, 0.4) is 0 Å². The van der Waals surface area contributed by atoms with Gasteiger partial charge < -0.3 is 10.6 Å².